The molecule has 2 aliphatic rings. The molecular formula is C20H20FN3O2. The summed E-state index contributed by atoms with van der Waals surface area (Å²) in [4.78, 5) is 21.0. The number of aliphatic hydroxyl groups is 1. The van der Waals surface area contributed by atoms with Crippen LogP contribution in [0.15, 0.2) is 35.0 Å². The van der Waals surface area contributed by atoms with Crippen LogP contribution >= 0.6 is 0 Å². The molecule has 0 spiro atoms. The SMILES string of the molecule is CC1=NC(C)C(c2cc(F)cnc2C2(O)C=C(C#N)C(=O)C(C)(C)C2)=C1. The Kier molecular flexibility index (Phi) is 4.16. The maximum absolute atomic E-state index is 13.9. The van der Waals surface area contributed by atoms with Crippen LogP contribution in [0.1, 0.15) is 45.4 Å². The van der Waals surface area contributed by atoms with Crippen molar-refractivity contribution >= 4 is 17.1 Å². The summed E-state index contributed by atoms with van der Waals surface area (Å²) in [5.74, 6) is -0.846. The van der Waals surface area contributed by atoms with Crippen LogP contribution in [0.5, 0.6) is 0 Å². The van der Waals surface area contributed by atoms with Gasteiger partial charge in [-0.05, 0) is 44.1 Å². The van der Waals surface area contributed by atoms with Gasteiger partial charge in [-0.1, -0.05) is 13.8 Å². The molecule has 0 bridgehead atoms. The van der Waals surface area contributed by atoms with Gasteiger partial charge in [0.2, 0.25) is 0 Å². The molecule has 2 unspecified atom stereocenters. The molecule has 26 heavy (non-hydrogen) atoms. The Morgan fingerprint density at radius 1 is 1.42 bits per heavy atom. The first-order valence-electron chi connectivity index (χ1n) is 8.40. The molecule has 1 aromatic heterocycles. The molecule has 1 aliphatic heterocycles. The summed E-state index contributed by atoms with van der Waals surface area (Å²) in [6.07, 6.45) is 4.17. The smallest absolute Gasteiger partial charge is 0.178 e. The lowest BCUT2D eigenvalue weighted by Crippen LogP contribution is -2.42. The van der Waals surface area contributed by atoms with Crippen molar-refractivity contribution in [3.63, 3.8) is 0 Å². The highest BCUT2D eigenvalue weighted by atomic mass is 19.1. The number of allylic oxidation sites excluding steroid dienone is 2. The van der Waals surface area contributed by atoms with Gasteiger partial charge >= 0.3 is 0 Å². The van der Waals surface area contributed by atoms with Crippen molar-refractivity contribution in [3.8, 4) is 6.07 Å². The molecule has 134 valence electrons. The molecule has 3 rings (SSSR count). The summed E-state index contributed by atoms with van der Waals surface area (Å²) in [7, 11) is 0. The van der Waals surface area contributed by atoms with Gasteiger partial charge in [0.25, 0.3) is 0 Å². The first kappa shape index (κ1) is 18.2. The zero-order valence-electron chi connectivity index (χ0n) is 15.2. The van der Waals surface area contributed by atoms with Crippen LogP contribution in [0, 0.1) is 22.6 Å². The van der Waals surface area contributed by atoms with E-state index in [1.807, 2.05) is 26.0 Å². The van der Waals surface area contributed by atoms with Crippen LogP contribution < -0.4 is 0 Å². The van der Waals surface area contributed by atoms with E-state index in [1.165, 1.54) is 12.1 Å². The van der Waals surface area contributed by atoms with Crippen molar-refractivity contribution < 1.29 is 14.3 Å². The second-order valence-electron chi connectivity index (χ2n) is 7.58. The predicted octanol–water partition coefficient (Wildman–Crippen LogP) is 3.10. The predicted molar refractivity (Wildman–Crippen MR) is 95.7 cm³/mol. The Morgan fingerprint density at radius 2 is 2.12 bits per heavy atom. The molecule has 0 fully saturated rings. The first-order valence-corrected chi connectivity index (χ1v) is 8.40. The van der Waals surface area contributed by atoms with Crippen molar-refractivity contribution in [3.05, 3.63) is 47.1 Å². The molecule has 0 aromatic carbocycles. The summed E-state index contributed by atoms with van der Waals surface area (Å²) < 4.78 is 13.9. The number of aromatic nitrogens is 1. The minimum absolute atomic E-state index is 0.0527. The topological polar surface area (TPSA) is 86.3 Å². The Morgan fingerprint density at radius 3 is 2.69 bits per heavy atom. The fourth-order valence-electron chi connectivity index (χ4n) is 3.77. The average Bonchev–Trinajstić information content (AvgIpc) is 2.88. The Hall–Kier alpha value is -2.65. The summed E-state index contributed by atoms with van der Waals surface area (Å²) in [5.41, 5.74) is -0.468. The van der Waals surface area contributed by atoms with E-state index in [0.29, 0.717) is 5.56 Å². The summed E-state index contributed by atoms with van der Waals surface area (Å²) >= 11 is 0. The van der Waals surface area contributed by atoms with Gasteiger partial charge < -0.3 is 5.11 Å². The molecule has 6 heteroatoms. The number of carbonyl (C=O) groups is 1. The van der Waals surface area contributed by atoms with E-state index in [4.69, 9.17) is 0 Å². The van der Waals surface area contributed by atoms with E-state index in [9.17, 15) is 19.6 Å². The molecule has 0 saturated carbocycles. The van der Waals surface area contributed by atoms with Crippen LogP contribution in [-0.2, 0) is 10.4 Å². The lowest BCUT2D eigenvalue weighted by Gasteiger charge is -2.38. The normalized spacial score (nSPS) is 27.5. The Balaban J connectivity index is 2.22. The number of rotatable bonds is 2. The zero-order chi connectivity index (χ0) is 19.3. The number of aliphatic imine (C=N–C) groups is 1. The molecule has 1 aliphatic carbocycles. The largest absolute Gasteiger partial charge is 0.379 e. The number of nitrogens with zero attached hydrogens (tertiary/aromatic N) is 3. The van der Waals surface area contributed by atoms with Crippen molar-refractivity contribution in [2.75, 3.05) is 0 Å². The highest BCUT2D eigenvalue weighted by Gasteiger charge is 2.47. The molecule has 0 amide bonds. The maximum Gasteiger partial charge on any atom is 0.178 e. The highest BCUT2D eigenvalue weighted by molar-refractivity contribution is 6.05. The third kappa shape index (κ3) is 2.89. The van der Waals surface area contributed by atoms with Crippen LogP contribution in [-0.4, -0.2) is 27.6 Å². The van der Waals surface area contributed by atoms with Gasteiger partial charge in [0.15, 0.2) is 5.78 Å². The number of hydrogen-bond acceptors (Lipinski definition) is 5. The van der Waals surface area contributed by atoms with Crippen molar-refractivity contribution in [1.29, 1.82) is 5.26 Å². The second-order valence-corrected chi connectivity index (χ2v) is 7.58. The number of Topliss-reactive ketones (excluding diaryl/α,β-unsaturated/α-hetero) is 1. The summed E-state index contributed by atoms with van der Waals surface area (Å²) in [6, 6.07) is 2.99. The van der Waals surface area contributed by atoms with Gasteiger partial charge in [-0.25, -0.2) is 4.39 Å². The van der Waals surface area contributed by atoms with Gasteiger partial charge in [-0.3, -0.25) is 14.8 Å². The van der Waals surface area contributed by atoms with Crippen molar-refractivity contribution in [1.82, 2.24) is 4.98 Å². The van der Waals surface area contributed by atoms with E-state index in [1.54, 1.807) is 13.8 Å². The minimum Gasteiger partial charge on any atom is -0.379 e. The fraction of sp³-hybridized carbons (Fsp3) is 0.400. The van der Waals surface area contributed by atoms with E-state index in [2.05, 4.69) is 9.98 Å². The number of hydrogen-bond donors (Lipinski definition) is 1. The third-order valence-electron chi connectivity index (χ3n) is 4.86. The van der Waals surface area contributed by atoms with E-state index >= 15 is 0 Å². The number of halogens is 1. The Bertz CT molecular complexity index is 937. The van der Waals surface area contributed by atoms with Gasteiger partial charge in [-0.15, -0.1) is 0 Å². The number of nitriles is 1. The number of ketones is 1. The second kappa shape index (κ2) is 5.96. The molecule has 0 saturated heterocycles. The van der Waals surface area contributed by atoms with E-state index in [0.717, 1.165) is 17.5 Å². The van der Waals surface area contributed by atoms with Crippen LogP contribution in [0.2, 0.25) is 0 Å². The first-order chi connectivity index (χ1) is 12.1. The van der Waals surface area contributed by atoms with Gasteiger partial charge in [-0.2, -0.15) is 5.26 Å². The number of pyridine rings is 1. The standard InChI is InChI=1S/C20H20FN3O2/c1-11-5-15(12(2)24-11)16-6-14(21)9-23-17(16)20(26)7-13(8-22)18(25)19(3,4)10-20/h5-7,9,12,26H,10H2,1-4H3. The van der Waals surface area contributed by atoms with Crippen LogP contribution in [0.3, 0.4) is 0 Å². The van der Waals surface area contributed by atoms with Gasteiger partial charge in [0.05, 0.1) is 23.5 Å². The maximum atomic E-state index is 13.9. The van der Waals surface area contributed by atoms with Gasteiger partial charge in [0, 0.05) is 16.7 Å². The molecule has 2 heterocycles. The summed E-state index contributed by atoms with van der Waals surface area (Å²) in [5, 5.41) is 20.7. The molecule has 0 radical (unpaired) electrons. The fourth-order valence-corrected chi connectivity index (χ4v) is 3.77. The highest BCUT2D eigenvalue weighted by Crippen LogP contribution is 2.45. The van der Waals surface area contributed by atoms with Crippen LogP contribution in [0.4, 0.5) is 4.39 Å². The van der Waals surface area contributed by atoms with Gasteiger partial charge in [0.1, 0.15) is 17.5 Å². The monoisotopic (exact) mass is 353 g/mol. The molecular weight excluding hydrogens is 333 g/mol. The molecule has 2 atom stereocenters. The minimum atomic E-state index is -1.65. The molecule has 1 N–H and O–H groups in total. The van der Waals surface area contributed by atoms with Crippen molar-refractivity contribution in [2.45, 2.75) is 45.8 Å². The van der Waals surface area contributed by atoms with Crippen molar-refractivity contribution in [2.24, 2.45) is 10.4 Å². The third-order valence-corrected chi connectivity index (χ3v) is 4.86. The quantitative estimate of drug-likeness (QED) is 0.885. The zero-order valence-corrected chi connectivity index (χ0v) is 15.2. The number of carbonyl (C=O) groups excluding carboxylic acids is 1. The summed E-state index contributed by atoms with van der Waals surface area (Å²) in [6.45, 7) is 7.09. The molecule has 1 aromatic rings. The average molecular weight is 353 g/mol. The van der Waals surface area contributed by atoms with E-state index in [-0.39, 0.29) is 29.5 Å². The Labute approximate surface area is 151 Å². The molecule has 5 nitrogen and oxygen atoms in total. The van der Waals surface area contributed by atoms with Crippen LogP contribution in [0.25, 0.3) is 5.57 Å². The lowest BCUT2D eigenvalue weighted by molar-refractivity contribution is -0.127. The van der Waals surface area contributed by atoms with E-state index < -0.39 is 16.8 Å². The lowest BCUT2D eigenvalue weighted by atomic mass is 9.68.